The van der Waals surface area contributed by atoms with Crippen molar-refractivity contribution in [1.29, 1.82) is 0 Å². The van der Waals surface area contributed by atoms with Crippen molar-refractivity contribution in [3.8, 4) is 0 Å². The number of rotatable bonds is 4. The van der Waals surface area contributed by atoms with Gasteiger partial charge in [-0.2, -0.15) is 0 Å². The lowest BCUT2D eigenvalue weighted by molar-refractivity contribution is 0.878. The summed E-state index contributed by atoms with van der Waals surface area (Å²) in [6.07, 6.45) is 4.67. The number of nitrogens with zero attached hydrogens (tertiary/aromatic N) is 3. The van der Waals surface area contributed by atoms with Crippen LogP contribution in [0.2, 0.25) is 0 Å². The number of anilines is 1. The standard InChI is InChI=1S/C17H16BrN3/c1-21(10-8-13-5-3-2-4-6-13)16-7-9-19-15-11-14(18)12-20-17(15)16/h2-7,9,11-12H,8,10H2,1H3. The Bertz CT molecular complexity index is 743. The van der Waals surface area contributed by atoms with Crippen molar-refractivity contribution in [3.63, 3.8) is 0 Å². The molecule has 3 aromatic rings. The minimum Gasteiger partial charge on any atom is -0.372 e. The van der Waals surface area contributed by atoms with Gasteiger partial charge in [0.15, 0.2) is 0 Å². The Morgan fingerprint density at radius 1 is 1.10 bits per heavy atom. The third-order valence-electron chi connectivity index (χ3n) is 3.51. The summed E-state index contributed by atoms with van der Waals surface area (Å²) in [4.78, 5) is 11.1. The molecule has 0 aliphatic rings. The lowest BCUT2D eigenvalue weighted by Crippen LogP contribution is -2.20. The molecule has 0 unspecified atom stereocenters. The van der Waals surface area contributed by atoms with E-state index in [1.54, 1.807) is 0 Å². The van der Waals surface area contributed by atoms with Gasteiger partial charge in [0.2, 0.25) is 0 Å². The Morgan fingerprint density at radius 2 is 1.90 bits per heavy atom. The summed E-state index contributed by atoms with van der Waals surface area (Å²) >= 11 is 3.44. The number of aromatic nitrogens is 2. The SMILES string of the molecule is CN(CCc1ccccc1)c1ccnc2cc(Br)cnc12. The van der Waals surface area contributed by atoms with Gasteiger partial charge in [-0.3, -0.25) is 9.97 Å². The van der Waals surface area contributed by atoms with Crippen molar-refractivity contribution < 1.29 is 0 Å². The van der Waals surface area contributed by atoms with Crippen molar-refractivity contribution in [1.82, 2.24) is 9.97 Å². The first kappa shape index (κ1) is 14.0. The van der Waals surface area contributed by atoms with E-state index in [2.05, 4.69) is 62.1 Å². The third kappa shape index (κ3) is 3.22. The van der Waals surface area contributed by atoms with Gasteiger partial charge in [-0.05, 0) is 40.0 Å². The summed E-state index contributed by atoms with van der Waals surface area (Å²) in [6, 6.07) is 14.5. The first-order chi connectivity index (χ1) is 10.2. The van der Waals surface area contributed by atoms with Crippen LogP contribution in [0.25, 0.3) is 11.0 Å². The van der Waals surface area contributed by atoms with Crippen LogP contribution in [0.4, 0.5) is 5.69 Å². The van der Waals surface area contributed by atoms with Gasteiger partial charge in [0.25, 0.3) is 0 Å². The molecule has 0 bridgehead atoms. The molecular formula is C17H16BrN3. The number of hydrogen-bond donors (Lipinski definition) is 0. The Balaban J connectivity index is 1.83. The molecule has 2 aromatic heterocycles. The Morgan fingerprint density at radius 3 is 2.71 bits per heavy atom. The lowest BCUT2D eigenvalue weighted by Gasteiger charge is -2.20. The van der Waals surface area contributed by atoms with Gasteiger partial charge in [-0.25, -0.2) is 0 Å². The fourth-order valence-electron chi connectivity index (χ4n) is 2.36. The van der Waals surface area contributed by atoms with E-state index in [-0.39, 0.29) is 0 Å². The van der Waals surface area contributed by atoms with Crippen molar-refractivity contribution in [2.45, 2.75) is 6.42 Å². The molecular weight excluding hydrogens is 326 g/mol. The van der Waals surface area contributed by atoms with E-state index in [0.29, 0.717) is 0 Å². The highest BCUT2D eigenvalue weighted by atomic mass is 79.9. The van der Waals surface area contributed by atoms with Crippen molar-refractivity contribution in [2.75, 3.05) is 18.5 Å². The maximum absolute atomic E-state index is 4.51. The number of pyridine rings is 2. The maximum atomic E-state index is 4.51. The summed E-state index contributed by atoms with van der Waals surface area (Å²) in [5.41, 5.74) is 4.31. The smallest absolute Gasteiger partial charge is 0.112 e. The zero-order chi connectivity index (χ0) is 14.7. The summed E-state index contributed by atoms with van der Waals surface area (Å²) in [6.45, 7) is 0.945. The Hall–Kier alpha value is -1.94. The number of likely N-dealkylation sites (N-methyl/N-ethyl adjacent to an activating group) is 1. The first-order valence-electron chi connectivity index (χ1n) is 6.89. The van der Waals surface area contributed by atoms with Crippen LogP contribution in [-0.4, -0.2) is 23.6 Å². The molecule has 0 N–H and O–H groups in total. The molecule has 3 rings (SSSR count). The van der Waals surface area contributed by atoms with Crippen molar-refractivity contribution in [3.05, 3.63) is 64.9 Å². The van der Waals surface area contributed by atoms with Gasteiger partial charge >= 0.3 is 0 Å². The minimum atomic E-state index is 0.911. The van der Waals surface area contributed by atoms with E-state index >= 15 is 0 Å². The van der Waals surface area contributed by atoms with Crippen molar-refractivity contribution in [2.24, 2.45) is 0 Å². The van der Waals surface area contributed by atoms with E-state index in [1.807, 2.05) is 30.6 Å². The van der Waals surface area contributed by atoms with Gasteiger partial charge in [0.05, 0.1) is 11.2 Å². The molecule has 106 valence electrons. The largest absolute Gasteiger partial charge is 0.372 e. The molecule has 2 heterocycles. The van der Waals surface area contributed by atoms with Crippen LogP contribution >= 0.6 is 15.9 Å². The number of benzene rings is 1. The molecule has 0 saturated heterocycles. The van der Waals surface area contributed by atoms with Crippen LogP contribution in [0, 0.1) is 0 Å². The van der Waals surface area contributed by atoms with Crippen LogP contribution in [0.15, 0.2) is 59.3 Å². The summed E-state index contributed by atoms with van der Waals surface area (Å²) in [5.74, 6) is 0. The topological polar surface area (TPSA) is 29.0 Å². The van der Waals surface area contributed by atoms with Gasteiger partial charge in [0.1, 0.15) is 5.52 Å². The molecule has 21 heavy (non-hydrogen) atoms. The zero-order valence-corrected chi connectivity index (χ0v) is 13.4. The monoisotopic (exact) mass is 341 g/mol. The number of halogens is 1. The van der Waals surface area contributed by atoms with E-state index in [9.17, 15) is 0 Å². The van der Waals surface area contributed by atoms with Crippen molar-refractivity contribution >= 4 is 32.7 Å². The molecule has 0 saturated carbocycles. The molecule has 4 heteroatoms. The Kier molecular flexibility index (Phi) is 4.15. The van der Waals surface area contributed by atoms with E-state index in [1.165, 1.54) is 5.56 Å². The molecule has 1 aromatic carbocycles. The maximum Gasteiger partial charge on any atom is 0.112 e. The molecule has 0 fully saturated rings. The third-order valence-corrected chi connectivity index (χ3v) is 3.95. The summed E-state index contributed by atoms with van der Waals surface area (Å²) in [5, 5.41) is 0. The minimum absolute atomic E-state index is 0.911. The molecule has 3 nitrogen and oxygen atoms in total. The van der Waals surface area contributed by atoms with Crippen LogP contribution < -0.4 is 4.90 Å². The highest BCUT2D eigenvalue weighted by Gasteiger charge is 2.08. The lowest BCUT2D eigenvalue weighted by atomic mass is 10.1. The Labute approximate surface area is 132 Å². The highest BCUT2D eigenvalue weighted by Crippen LogP contribution is 2.24. The molecule has 0 radical (unpaired) electrons. The quantitative estimate of drug-likeness (QED) is 0.716. The van der Waals surface area contributed by atoms with Crippen LogP contribution in [0.1, 0.15) is 5.56 Å². The van der Waals surface area contributed by atoms with Gasteiger partial charge < -0.3 is 4.90 Å². The second-order valence-corrected chi connectivity index (χ2v) is 5.92. The average molecular weight is 342 g/mol. The molecule has 0 spiro atoms. The molecule has 0 amide bonds. The van der Waals surface area contributed by atoms with Crippen LogP contribution in [0.5, 0.6) is 0 Å². The first-order valence-corrected chi connectivity index (χ1v) is 7.68. The summed E-state index contributed by atoms with van der Waals surface area (Å²) < 4.78 is 0.951. The average Bonchev–Trinajstić information content (AvgIpc) is 2.52. The summed E-state index contributed by atoms with van der Waals surface area (Å²) in [7, 11) is 2.10. The predicted octanol–water partition coefficient (Wildman–Crippen LogP) is 4.07. The molecule has 0 aliphatic carbocycles. The van der Waals surface area contributed by atoms with E-state index < -0.39 is 0 Å². The normalized spacial score (nSPS) is 10.8. The van der Waals surface area contributed by atoms with Crippen LogP contribution in [-0.2, 0) is 6.42 Å². The predicted molar refractivity (Wildman–Crippen MR) is 90.7 cm³/mol. The van der Waals surface area contributed by atoms with Gasteiger partial charge in [-0.15, -0.1) is 0 Å². The highest BCUT2D eigenvalue weighted by molar-refractivity contribution is 9.10. The second kappa shape index (κ2) is 6.22. The fraction of sp³-hybridized carbons (Fsp3) is 0.176. The molecule has 0 aliphatic heterocycles. The van der Waals surface area contributed by atoms with E-state index in [4.69, 9.17) is 0 Å². The molecule has 0 atom stereocenters. The van der Waals surface area contributed by atoms with Gasteiger partial charge in [0, 0.05) is 30.5 Å². The number of fused-ring (bicyclic) bond motifs is 1. The second-order valence-electron chi connectivity index (χ2n) is 5.01. The zero-order valence-electron chi connectivity index (χ0n) is 11.8. The van der Waals surface area contributed by atoms with Crippen LogP contribution in [0.3, 0.4) is 0 Å². The fourth-order valence-corrected chi connectivity index (χ4v) is 2.68. The van der Waals surface area contributed by atoms with Gasteiger partial charge in [-0.1, -0.05) is 30.3 Å². The van der Waals surface area contributed by atoms with E-state index in [0.717, 1.165) is 34.2 Å². The number of hydrogen-bond acceptors (Lipinski definition) is 3.